The summed E-state index contributed by atoms with van der Waals surface area (Å²) in [6.07, 6.45) is 2.63. The Balaban J connectivity index is 1.21. The lowest BCUT2D eigenvalue weighted by Gasteiger charge is -2.49. The second kappa shape index (κ2) is 11.9. The Morgan fingerprint density at radius 3 is 2.64 bits per heavy atom. The molecule has 0 bridgehead atoms. The van der Waals surface area contributed by atoms with Crippen LogP contribution in [0.5, 0.6) is 0 Å². The average Bonchev–Trinajstić information content (AvgIpc) is 3.45. The van der Waals surface area contributed by atoms with Crippen LogP contribution in [0.15, 0.2) is 82.1 Å². The molecule has 0 aliphatic carbocycles. The van der Waals surface area contributed by atoms with Gasteiger partial charge >= 0.3 is 5.97 Å². The maximum atomic E-state index is 13.6. The zero-order valence-corrected chi connectivity index (χ0v) is 24.5. The number of nitrogens with one attached hydrogen (secondary N) is 2. The third kappa shape index (κ3) is 5.30. The van der Waals surface area contributed by atoms with Crippen LogP contribution in [0.3, 0.4) is 0 Å². The van der Waals surface area contributed by atoms with Crippen LogP contribution in [0.1, 0.15) is 22.0 Å². The molecule has 17 heteroatoms. The SMILES string of the molecule is Cn1nnnc1SCC1=C(C(=O)O)N2C(=O)C(NC(=O)C(NC(=O)c3cnc4ccccn4c3=O)c3ccccc3)[C@@H]2SC1. The van der Waals surface area contributed by atoms with E-state index in [2.05, 4.69) is 31.1 Å². The molecule has 0 spiro atoms. The smallest absolute Gasteiger partial charge is 0.352 e. The monoisotopic (exact) mass is 633 g/mol. The van der Waals surface area contributed by atoms with Crippen molar-refractivity contribution in [3.63, 3.8) is 0 Å². The van der Waals surface area contributed by atoms with E-state index in [1.54, 1.807) is 55.6 Å². The van der Waals surface area contributed by atoms with Crippen molar-refractivity contribution in [1.82, 2.24) is 45.1 Å². The molecule has 4 aromatic rings. The Labute approximate surface area is 256 Å². The molecule has 1 aromatic carbocycles. The number of aliphatic carboxylic acids is 1. The quantitative estimate of drug-likeness (QED) is 0.168. The van der Waals surface area contributed by atoms with Gasteiger partial charge in [-0.2, -0.15) is 0 Å². The highest BCUT2D eigenvalue weighted by Gasteiger charge is 2.54. The summed E-state index contributed by atoms with van der Waals surface area (Å²) in [6.45, 7) is 0. The van der Waals surface area contributed by atoms with E-state index in [9.17, 15) is 29.1 Å². The van der Waals surface area contributed by atoms with Gasteiger partial charge in [-0.3, -0.25) is 28.5 Å². The summed E-state index contributed by atoms with van der Waals surface area (Å²) in [5, 5.41) is 26.3. The van der Waals surface area contributed by atoms with Gasteiger partial charge in [-0.25, -0.2) is 14.5 Å². The Hall–Kier alpha value is -5.03. The second-order valence-corrected chi connectivity index (χ2v) is 11.8. The molecule has 1 fully saturated rings. The van der Waals surface area contributed by atoms with Gasteiger partial charge in [-0.05, 0) is 33.7 Å². The van der Waals surface area contributed by atoms with Crippen molar-refractivity contribution in [2.45, 2.75) is 22.6 Å². The standard InChI is InChI=1S/C27H23N9O6S2/c1-34-27(31-32-33-34)44-13-15-12-43-25-19(24(40)36(25)20(15)26(41)42)30-22(38)18(14-7-3-2-4-8-14)29-21(37)16-11-28-17-9-5-6-10-35(17)23(16)39/h2-11,18-19,25H,12-13H2,1H3,(H,29,37)(H,30,38)(H,41,42)/t18?,19?,25-/m0/s1. The molecular formula is C27H23N9O6S2. The summed E-state index contributed by atoms with van der Waals surface area (Å²) in [4.78, 5) is 70.7. The number of aryl methyl sites for hydroxylation is 1. The highest BCUT2D eigenvalue weighted by Crippen LogP contribution is 2.41. The second-order valence-electron chi connectivity index (χ2n) is 9.75. The fraction of sp³-hybridized carbons (Fsp3) is 0.222. The summed E-state index contributed by atoms with van der Waals surface area (Å²) in [5.41, 5.74) is 0.275. The number of carbonyl (C=O) groups is 4. The van der Waals surface area contributed by atoms with Crippen LogP contribution in [0.25, 0.3) is 5.65 Å². The molecule has 224 valence electrons. The number of tetrazole rings is 1. The Bertz CT molecular complexity index is 1890. The minimum absolute atomic E-state index is 0.135. The molecule has 5 heterocycles. The first-order valence-corrected chi connectivity index (χ1v) is 15.2. The first-order valence-electron chi connectivity index (χ1n) is 13.1. The van der Waals surface area contributed by atoms with Crippen LogP contribution >= 0.6 is 23.5 Å². The number of pyridine rings is 1. The number of β-lactam (4-membered cyclic amide) rings is 1. The molecule has 3 atom stereocenters. The summed E-state index contributed by atoms with van der Waals surface area (Å²) < 4.78 is 2.68. The van der Waals surface area contributed by atoms with Crippen LogP contribution in [0.2, 0.25) is 0 Å². The van der Waals surface area contributed by atoms with E-state index in [4.69, 9.17) is 0 Å². The number of rotatable bonds is 9. The fourth-order valence-electron chi connectivity index (χ4n) is 4.86. The Morgan fingerprint density at radius 2 is 1.91 bits per heavy atom. The summed E-state index contributed by atoms with van der Waals surface area (Å²) >= 11 is 2.56. The van der Waals surface area contributed by atoms with Gasteiger partial charge in [0.2, 0.25) is 11.1 Å². The lowest BCUT2D eigenvalue weighted by Crippen LogP contribution is -2.71. The number of hydrogen-bond donors (Lipinski definition) is 3. The molecule has 2 aliphatic rings. The molecule has 3 aromatic heterocycles. The molecule has 6 rings (SSSR count). The lowest BCUT2D eigenvalue weighted by molar-refractivity contribution is -0.151. The van der Waals surface area contributed by atoms with Crippen LogP contribution in [-0.2, 0) is 21.4 Å². The number of carboxylic acid groups (broad SMARTS) is 1. The number of amides is 3. The first-order chi connectivity index (χ1) is 21.2. The molecule has 0 radical (unpaired) electrons. The van der Waals surface area contributed by atoms with Crippen molar-refractivity contribution >= 4 is 52.9 Å². The predicted octanol–water partition coefficient (Wildman–Crippen LogP) is 0.220. The Morgan fingerprint density at radius 1 is 1.14 bits per heavy atom. The van der Waals surface area contributed by atoms with Gasteiger partial charge in [-0.15, -0.1) is 16.9 Å². The van der Waals surface area contributed by atoms with E-state index < -0.39 is 46.7 Å². The summed E-state index contributed by atoms with van der Waals surface area (Å²) in [7, 11) is 1.66. The third-order valence-electron chi connectivity index (χ3n) is 7.03. The number of hydrogen-bond acceptors (Lipinski definition) is 11. The Kier molecular flexibility index (Phi) is 7.88. The van der Waals surface area contributed by atoms with Crippen LogP contribution in [0, 0.1) is 0 Å². The highest BCUT2D eigenvalue weighted by atomic mass is 32.2. The van der Waals surface area contributed by atoms with Gasteiger partial charge < -0.3 is 15.7 Å². The van der Waals surface area contributed by atoms with E-state index in [-0.39, 0.29) is 17.0 Å². The predicted molar refractivity (Wildman–Crippen MR) is 157 cm³/mol. The van der Waals surface area contributed by atoms with Gasteiger partial charge in [-0.1, -0.05) is 48.2 Å². The minimum Gasteiger partial charge on any atom is -0.477 e. The summed E-state index contributed by atoms with van der Waals surface area (Å²) in [6, 6.07) is 11.0. The van der Waals surface area contributed by atoms with Crippen LogP contribution in [0.4, 0.5) is 0 Å². The molecule has 2 unspecified atom stereocenters. The van der Waals surface area contributed by atoms with E-state index in [0.29, 0.717) is 27.7 Å². The maximum absolute atomic E-state index is 13.6. The van der Waals surface area contributed by atoms with Crippen LogP contribution in [-0.4, -0.2) is 86.2 Å². The van der Waals surface area contributed by atoms with Crippen molar-refractivity contribution in [2.75, 3.05) is 11.5 Å². The number of thioether (sulfide) groups is 2. The largest absolute Gasteiger partial charge is 0.477 e. The van der Waals surface area contributed by atoms with Crippen LogP contribution < -0.4 is 16.2 Å². The molecule has 44 heavy (non-hydrogen) atoms. The van der Waals surface area contributed by atoms with Crippen molar-refractivity contribution in [2.24, 2.45) is 7.05 Å². The lowest BCUT2D eigenvalue weighted by atomic mass is 10.0. The number of carbonyl (C=O) groups excluding carboxylic acids is 3. The van der Waals surface area contributed by atoms with Crippen molar-refractivity contribution in [3.8, 4) is 0 Å². The molecule has 1 saturated heterocycles. The number of fused-ring (bicyclic) bond motifs is 2. The number of aromatic nitrogens is 6. The molecule has 3 N–H and O–H groups in total. The van der Waals surface area contributed by atoms with E-state index >= 15 is 0 Å². The normalized spacial score (nSPS) is 18.4. The molecule has 3 amide bonds. The zero-order chi connectivity index (χ0) is 31.0. The average molecular weight is 634 g/mol. The number of nitrogens with zero attached hydrogens (tertiary/aromatic N) is 7. The van der Waals surface area contributed by atoms with E-state index in [1.165, 1.54) is 43.7 Å². The van der Waals surface area contributed by atoms with Crippen molar-refractivity contribution in [3.05, 3.63) is 93.7 Å². The highest BCUT2D eigenvalue weighted by molar-refractivity contribution is 8.01. The van der Waals surface area contributed by atoms with Gasteiger partial charge in [0, 0.05) is 30.9 Å². The van der Waals surface area contributed by atoms with Gasteiger partial charge in [0.15, 0.2) is 0 Å². The van der Waals surface area contributed by atoms with E-state index in [0.717, 1.165) is 6.20 Å². The van der Waals surface area contributed by atoms with Crippen molar-refractivity contribution in [1.29, 1.82) is 0 Å². The zero-order valence-electron chi connectivity index (χ0n) is 22.9. The fourth-order valence-corrected chi connectivity index (χ4v) is 7.20. The molecular weight excluding hydrogens is 610 g/mol. The first kappa shape index (κ1) is 29.1. The molecule has 2 aliphatic heterocycles. The topological polar surface area (TPSA) is 194 Å². The number of benzene rings is 1. The maximum Gasteiger partial charge on any atom is 0.352 e. The van der Waals surface area contributed by atoms with Gasteiger partial charge in [0.1, 0.15) is 34.4 Å². The van der Waals surface area contributed by atoms with Gasteiger partial charge in [0.25, 0.3) is 17.4 Å². The minimum atomic E-state index is -1.27. The third-order valence-corrected chi connectivity index (χ3v) is 9.47. The summed E-state index contributed by atoms with van der Waals surface area (Å²) in [5.74, 6) is -2.82. The number of carboxylic acids is 1. The van der Waals surface area contributed by atoms with Gasteiger partial charge in [0.05, 0.1) is 0 Å². The molecule has 15 nitrogen and oxygen atoms in total. The van der Waals surface area contributed by atoms with Crippen molar-refractivity contribution < 1.29 is 24.3 Å². The molecule has 0 saturated carbocycles. The van der Waals surface area contributed by atoms with E-state index in [1.807, 2.05) is 0 Å².